The van der Waals surface area contributed by atoms with Crippen molar-refractivity contribution in [2.24, 2.45) is 0 Å². The smallest absolute Gasteiger partial charge is 0.272 e. The number of furan rings is 1. The Kier molecular flexibility index (Phi) is 5.38. The Labute approximate surface area is 175 Å². The van der Waals surface area contributed by atoms with Crippen LogP contribution >= 0.6 is 0 Å². The van der Waals surface area contributed by atoms with Crippen LogP contribution in [0, 0.1) is 0 Å². The SMILES string of the molecule is O=C(c1cc(-c2ccco2)nn1-c1ccccc1)N1CCN(CC2CCCO2)CC1. The van der Waals surface area contributed by atoms with Gasteiger partial charge in [0, 0.05) is 45.4 Å². The molecule has 1 amide bonds. The van der Waals surface area contributed by atoms with E-state index in [1.54, 1.807) is 10.9 Å². The number of para-hydroxylation sites is 1. The third kappa shape index (κ3) is 3.91. The van der Waals surface area contributed by atoms with Gasteiger partial charge in [-0.2, -0.15) is 5.10 Å². The molecule has 3 aromatic rings. The molecule has 2 aromatic heterocycles. The van der Waals surface area contributed by atoms with Crippen molar-refractivity contribution in [1.29, 1.82) is 0 Å². The Morgan fingerprint density at radius 2 is 1.90 bits per heavy atom. The summed E-state index contributed by atoms with van der Waals surface area (Å²) in [5.74, 6) is 0.654. The third-order valence-electron chi connectivity index (χ3n) is 5.85. The van der Waals surface area contributed by atoms with Crippen molar-refractivity contribution in [3.63, 3.8) is 0 Å². The summed E-state index contributed by atoms with van der Waals surface area (Å²) in [5, 5.41) is 4.67. The summed E-state index contributed by atoms with van der Waals surface area (Å²) in [6, 6.07) is 15.3. The van der Waals surface area contributed by atoms with Crippen molar-refractivity contribution in [3.05, 3.63) is 60.5 Å². The molecule has 7 heteroatoms. The molecule has 156 valence electrons. The van der Waals surface area contributed by atoms with Crippen LogP contribution < -0.4 is 0 Å². The summed E-state index contributed by atoms with van der Waals surface area (Å²) in [4.78, 5) is 17.7. The molecule has 2 aliphatic rings. The molecule has 0 aliphatic carbocycles. The van der Waals surface area contributed by atoms with E-state index >= 15 is 0 Å². The Balaban J connectivity index is 1.35. The lowest BCUT2D eigenvalue weighted by atomic mass is 10.2. The van der Waals surface area contributed by atoms with Crippen LogP contribution in [0.3, 0.4) is 0 Å². The number of carbonyl (C=O) groups is 1. The molecular weight excluding hydrogens is 380 g/mol. The van der Waals surface area contributed by atoms with Crippen molar-refractivity contribution in [2.75, 3.05) is 39.3 Å². The first-order valence-electron chi connectivity index (χ1n) is 10.6. The van der Waals surface area contributed by atoms with Gasteiger partial charge in [-0.3, -0.25) is 9.69 Å². The third-order valence-corrected chi connectivity index (χ3v) is 5.85. The van der Waals surface area contributed by atoms with Crippen molar-refractivity contribution in [2.45, 2.75) is 18.9 Å². The molecule has 2 saturated heterocycles. The van der Waals surface area contributed by atoms with Crippen LogP contribution in [0.5, 0.6) is 0 Å². The number of amides is 1. The fraction of sp³-hybridized carbons (Fsp3) is 0.391. The minimum atomic E-state index is 0.000857. The van der Waals surface area contributed by atoms with E-state index in [1.807, 2.05) is 53.4 Å². The van der Waals surface area contributed by atoms with Crippen LogP contribution in [0.15, 0.2) is 59.2 Å². The maximum absolute atomic E-state index is 13.4. The Bertz CT molecular complexity index is 969. The van der Waals surface area contributed by atoms with Gasteiger partial charge in [0.05, 0.1) is 18.1 Å². The number of aromatic nitrogens is 2. The van der Waals surface area contributed by atoms with Crippen LogP contribution in [-0.2, 0) is 4.74 Å². The highest BCUT2D eigenvalue weighted by Crippen LogP contribution is 2.24. The van der Waals surface area contributed by atoms with Crippen LogP contribution in [0.1, 0.15) is 23.3 Å². The van der Waals surface area contributed by atoms with Gasteiger partial charge < -0.3 is 14.1 Å². The predicted octanol–water partition coefficient (Wildman–Crippen LogP) is 3.07. The summed E-state index contributed by atoms with van der Waals surface area (Å²) >= 11 is 0. The van der Waals surface area contributed by atoms with E-state index in [-0.39, 0.29) is 5.91 Å². The molecule has 0 N–H and O–H groups in total. The van der Waals surface area contributed by atoms with E-state index in [4.69, 9.17) is 9.15 Å². The van der Waals surface area contributed by atoms with E-state index < -0.39 is 0 Å². The zero-order chi connectivity index (χ0) is 20.3. The molecule has 1 unspecified atom stereocenters. The van der Waals surface area contributed by atoms with Crippen molar-refractivity contribution >= 4 is 5.91 Å². The van der Waals surface area contributed by atoms with Gasteiger partial charge >= 0.3 is 0 Å². The van der Waals surface area contributed by atoms with Gasteiger partial charge in [-0.15, -0.1) is 0 Å². The van der Waals surface area contributed by atoms with Crippen molar-refractivity contribution in [3.8, 4) is 17.1 Å². The number of hydrogen-bond acceptors (Lipinski definition) is 5. The predicted molar refractivity (Wildman–Crippen MR) is 113 cm³/mol. The van der Waals surface area contributed by atoms with Crippen LogP contribution in [0.25, 0.3) is 17.1 Å². The highest BCUT2D eigenvalue weighted by molar-refractivity contribution is 5.94. The van der Waals surface area contributed by atoms with Gasteiger partial charge in [0.15, 0.2) is 5.76 Å². The second kappa shape index (κ2) is 8.45. The minimum Gasteiger partial charge on any atom is -0.463 e. The van der Waals surface area contributed by atoms with Gasteiger partial charge in [-0.25, -0.2) is 4.68 Å². The Morgan fingerprint density at radius 3 is 2.60 bits per heavy atom. The summed E-state index contributed by atoms with van der Waals surface area (Å²) in [5.41, 5.74) is 2.07. The van der Waals surface area contributed by atoms with E-state index in [2.05, 4.69) is 10.00 Å². The summed E-state index contributed by atoms with van der Waals surface area (Å²) in [6.45, 7) is 5.01. The lowest BCUT2D eigenvalue weighted by molar-refractivity contribution is 0.0428. The molecule has 4 heterocycles. The fourth-order valence-corrected chi connectivity index (χ4v) is 4.22. The Hall–Kier alpha value is -2.90. The molecular formula is C23H26N4O3. The highest BCUT2D eigenvalue weighted by atomic mass is 16.5. The highest BCUT2D eigenvalue weighted by Gasteiger charge is 2.28. The number of ether oxygens (including phenoxy) is 1. The largest absolute Gasteiger partial charge is 0.463 e. The van der Waals surface area contributed by atoms with Gasteiger partial charge in [0.1, 0.15) is 11.4 Å². The topological polar surface area (TPSA) is 63.7 Å². The molecule has 30 heavy (non-hydrogen) atoms. The van der Waals surface area contributed by atoms with E-state index in [9.17, 15) is 4.79 Å². The molecule has 0 bridgehead atoms. The number of carbonyl (C=O) groups excluding carboxylic acids is 1. The average Bonchev–Trinajstić information content (AvgIpc) is 3.55. The van der Waals surface area contributed by atoms with Gasteiger partial charge in [0.2, 0.25) is 0 Å². The quantitative estimate of drug-likeness (QED) is 0.652. The molecule has 1 atom stereocenters. The zero-order valence-corrected chi connectivity index (χ0v) is 16.9. The molecule has 7 nitrogen and oxygen atoms in total. The molecule has 5 rings (SSSR count). The first-order valence-corrected chi connectivity index (χ1v) is 10.6. The van der Waals surface area contributed by atoms with Crippen molar-refractivity contribution < 1.29 is 13.9 Å². The van der Waals surface area contributed by atoms with E-state index in [0.717, 1.165) is 44.8 Å². The second-order valence-electron chi connectivity index (χ2n) is 7.87. The number of hydrogen-bond donors (Lipinski definition) is 0. The summed E-state index contributed by atoms with van der Waals surface area (Å²) in [7, 11) is 0. The van der Waals surface area contributed by atoms with Crippen molar-refractivity contribution in [1.82, 2.24) is 19.6 Å². The molecule has 0 spiro atoms. The summed E-state index contributed by atoms with van der Waals surface area (Å²) < 4.78 is 13.0. The number of nitrogens with zero attached hydrogens (tertiary/aromatic N) is 4. The molecule has 0 saturated carbocycles. The maximum Gasteiger partial charge on any atom is 0.272 e. The minimum absolute atomic E-state index is 0.000857. The molecule has 2 aliphatic heterocycles. The number of benzene rings is 1. The first kappa shape index (κ1) is 19.1. The van der Waals surface area contributed by atoms with Crippen LogP contribution in [0.2, 0.25) is 0 Å². The standard InChI is InChI=1S/C23H26N4O3/c28-23(26-12-10-25(11-13-26)17-19-8-4-14-29-19)21-16-20(22-9-5-15-30-22)24-27(21)18-6-2-1-3-7-18/h1-3,5-7,9,15-16,19H,4,8,10-14,17H2. The maximum atomic E-state index is 13.4. The lowest BCUT2D eigenvalue weighted by Gasteiger charge is -2.35. The summed E-state index contributed by atoms with van der Waals surface area (Å²) in [6.07, 6.45) is 4.27. The average molecular weight is 406 g/mol. The number of rotatable bonds is 5. The Morgan fingerprint density at radius 1 is 1.07 bits per heavy atom. The molecule has 1 aromatic carbocycles. The van der Waals surface area contributed by atoms with E-state index in [1.165, 1.54) is 0 Å². The van der Waals surface area contributed by atoms with Gasteiger partial charge in [-0.05, 0) is 37.1 Å². The molecule has 0 radical (unpaired) electrons. The first-order chi connectivity index (χ1) is 14.8. The van der Waals surface area contributed by atoms with Gasteiger partial charge in [0.25, 0.3) is 5.91 Å². The van der Waals surface area contributed by atoms with Crippen LogP contribution in [-0.4, -0.2) is 70.9 Å². The number of piperazine rings is 1. The van der Waals surface area contributed by atoms with Gasteiger partial charge in [-0.1, -0.05) is 18.2 Å². The normalized spacial score (nSPS) is 20.0. The zero-order valence-electron chi connectivity index (χ0n) is 16.9. The second-order valence-corrected chi connectivity index (χ2v) is 7.87. The fourth-order valence-electron chi connectivity index (χ4n) is 4.22. The lowest BCUT2D eigenvalue weighted by Crippen LogP contribution is -2.50. The monoisotopic (exact) mass is 406 g/mol. The van der Waals surface area contributed by atoms with Crippen LogP contribution in [0.4, 0.5) is 0 Å². The van der Waals surface area contributed by atoms with E-state index in [0.29, 0.717) is 36.3 Å². The molecule has 2 fully saturated rings.